The number of carbonyl (C=O) groups is 5. The van der Waals surface area contributed by atoms with Crippen LogP contribution in [0.15, 0.2) is 67.4 Å². The summed E-state index contributed by atoms with van der Waals surface area (Å²) < 4.78 is 8.24. The number of hydrogen-bond donors (Lipinski definition) is 5. The van der Waals surface area contributed by atoms with Crippen molar-refractivity contribution in [1.29, 1.82) is 0 Å². The van der Waals surface area contributed by atoms with Crippen LogP contribution in [0.25, 0.3) is 33.3 Å². The molecule has 8 rings (SSSR count). The molecular weight excluding hydrogens is 907 g/mol. The summed E-state index contributed by atoms with van der Waals surface area (Å²) in [6.07, 6.45) is 3.47. The zero-order valence-electron chi connectivity index (χ0n) is 42.0. The topological polar surface area (TPSA) is 213 Å². The molecule has 4 atom stereocenters. The van der Waals surface area contributed by atoms with Gasteiger partial charge in [0.05, 0.1) is 18.8 Å². The summed E-state index contributed by atoms with van der Waals surface area (Å²) in [6.45, 7) is 17.2. The van der Waals surface area contributed by atoms with Gasteiger partial charge in [0.15, 0.2) is 5.60 Å². The van der Waals surface area contributed by atoms with Gasteiger partial charge in [-0.15, -0.1) is 0 Å². The molecule has 0 spiro atoms. The lowest BCUT2D eigenvalue weighted by atomic mass is 9.84. The highest BCUT2D eigenvalue weighted by Crippen LogP contribution is 2.41. The van der Waals surface area contributed by atoms with Crippen LogP contribution in [-0.4, -0.2) is 164 Å². The summed E-state index contributed by atoms with van der Waals surface area (Å²) >= 11 is 0. The molecule has 3 fully saturated rings. The molecule has 6 heterocycles. The fourth-order valence-corrected chi connectivity index (χ4v) is 10.7. The number of aromatic hydroxyl groups is 1. The first kappa shape index (κ1) is 51.0. The lowest BCUT2D eigenvalue weighted by Gasteiger charge is -2.40. The number of phenolic OH excluding ortho intramolecular Hbond substituents is 1. The number of β-amino-alcohol motifs (C(OH)–C–C–N with tert-alkyl or cyclic N) is 1. The lowest BCUT2D eigenvalue weighted by molar-refractivity contribution is -0.189. The Labute approximate surface area is 415 Å². The van der Waals surface area contributed by atoms with Gasteiger partial charge in [0.25, 0.3) is 11.8 Å². The van der Waals surface area contributed by atoms with Crippen LogP contribution in [0, 0.1) is 11.3 Å². The van der Waals surface area contributed by atoms with Crippen LogP contribution >= 0.6 is 0 Å². The quantitative estimate of drug-likeness (QED) is 0.120. The molecule has 5 N–H and O–H groups in total. The van der Waals surface area contributed by atoms with E-state index < -0.39 is 64.3 Å². The van der Waals surface area contributed by atoms with E-state index in [0.717, 1.165) is 81.3 Å². The number of piperazine rings is 1. The maximum absolute atomic E-state index is 14.8. The van der Waals surface area contributed by atoms with Gasteiger partial charge in [0.1, 0.15) is 23.7 Å². The van der Waals surface area contributed by atoms with Crippen molar-refractivity contribution in [3.63, 3.8) is 0 Å². The van der Waals surface area contributed by atoms with E-state index in [1.54, 1.807) is 19.9 Å². The third kappa shape index (κ3) is 10.4. The van der Waals surface area contributed by atoms with Gasteiger partial charge in [-0.25, -0.2) is 9.78 Å². The molecule has 0 saturated carbocycles. The Morgan fingerprint density at radius 1 is 0.986 bits per heavy atom. The third-order valence-corrected chi connectivity index (χ3v) is 14.6. The number of likely N-dealkylation sites (tertiary alicyclic amines) is 1. The first-order valence-electron chi connectivity index (χ1n) is 24.7. The molecule has 4 aliphatic rings. The molecule has 2 aromatic carbocycles. The molecule has 71 heavy (non-hydrogen) atoms. The Bertz CT molecular complexity index is 2710. The van der Waals surface area contributed by atoms with Crippen molar-refractivity contribution < 1.29 is 44.0 Å². The number of rotatable bonds is 9. The number of ether oxygens (including phenoxy) is 1. The number of aryl methyl sites for hydroxylation is 1. The van der Waals surface area contributed by atoms with E-state index in [2.05, 4.69) is 69.9 Å². The molecular formula is C53H69N9O9. The van der Waals surface area contributed by atoms with Crippen molar-refractivity contribution in [2.75, 3.05) is 71.4 Å². The highest BCUT2D eigenvalue weighted by atomic mass is 16.6. The molecule has 380 valence electrons. The summed E-state index contributed by atoms with van der Waals surface area (Å²) in [6, 6.07) is 12.8. The van der Waals surface area contributed by atoms with Gasteiger partial charge in [-0.2, -0.15) is 5.43 Å². The number of esters is 1. The number of amides is 4. The number of pyridine rings is 1. The molecule has 6 bridgehead atoms. The lowest BCUT2D eigenvalue weighted by Crippen LogP contribution is -2.67. The number of nitrogens with zero attached hydrogens (tertiary/aromatic N) is 7. The SMILES string of the molecule is C=CC(=O)N1CC[C@@](O)(C(=O)N(C)[C@H](C(=O)N[C@H]2Cc3cc(O)cc(c3)-c3ccc4c(c3)c(c(-c3ccc(N5CCN(C)CC5)nc3)n4CC)CC(C)(C)COC(=O)[C@@]3(O)CCCN(N3)C2=O)C(C)C)C1. The average Bonchev–Trinajstić information content (AvgIpc) is 3.89. The summed E-state index contributed by atoms with van der Waals surface area (Å²) in [7, 11) is 3.52. The van der Waals surface area contributed by atoms with Gasteiger partial charge in [0.2, 0.25) is 17.5 Å². The number of phenols is 1. The minimum Gasteiger partial charge on any atom is -0.508 e. The molecule has 4 amide bonds. The molecule has 0 unspecified atom stereocenters. The van der Waals surface area contributed by atoms with Gasteiger partial charge in [-0.3, -0.25) is 24.2 Å². The summed E-state index contributed by atoms with van der Waals surface area (Å²) in [5.41, 5.74) is 3.67. The highest BCUT2D eigenvalue weighted by molar-refractivity contribution is 5.97. The van der Waals surface area contributed by atoms with E-state index in [4.69, 9.17) is 9.72 Å². The van der Waals surface area contributed by atoms with Crippen LogP contribution in [0.3, 0.4) is 0 Å². The van der Waals surface area contributed by atoms with Crippen LogP contribution in [-0.2, 0) is 48.1 Å². The number of fused-ring (bicyclic) bond motifs is 6. The number of carbonyl (C=O) groups excluding carboxylic acids is 5. The van der Waals surface area contributed by atoms with Crippen molar-refractivity contribution in [3.05, 3.63) is 78.5 Å². The zero-order chi connectivity index (χ0) is 51.2. The number of cyclic esters (lactones) is 1. The Balaban J connectivity index is 1.19. The van der Waals surface area contributed by atoms with Gasteiger partial charge >= 0.3 is 5.97 Å². The maximum atomic E-state index is 14.8. The Morgan fingerprint density at radius 2 is 1.72 bits per heavy atom. The van der Waals surface area contributed by atoms with Gasteiger partial charge in [-0.1, -0.05) is 46.4 Å². The molecule has 18 heteroatoms. The molecule has 4 aromatic rings. The number of likely N-dealkylation sites (N-methyl/N-ethyl adjacent to an activating group) is 2. The Hall–Kier alpha value is -6.34. The molecule has 4 aliphatic heterocycles. The van der Waals surface area contributed by atoms with E-state index in [-0.39, 0.29) is 57.7 Å². The standard InChI is InChI=1S/C53H69N9O9/c1-9-44(64)60-19-17-52(69,31-60)49(67)58(8)45(33(3)4)47(65)55-41-26-34-24-37(27-38(63)25-34)35-12-14-42-39(28-35)40(29-51(5,6)32-71-50(68)53(70)16-11-18-62(56-53)48(41)66)46(61(42)10-2)36-13-15-43(54-30-36)59-22-20-57(7)21-23-59/h9,12-15,24-25,27-28,30,33,41,45,56,63,69-70H,1,10-11,16-23,26,29,31-32H2,2-8H3,(H,55,65)/t41-,45-,52-,53-/m0/s1. The second-order valence-corrected chi connectivity index (χ2v) is 21.0. The van der Waals surface area contributed by atoms with Crippen molar-refractivity contribution in [1.82, 2.24) is 40.0 Å². The first-order chi connectivity index (χ1) is 33.6. The van der Waals surface area contributed by atoms with Crippen LogP contribution in [0.4, 0.5) is 5.82 Å². The van der Waals surface area contributed by atoms with Crippen LogP contribution in [0.5, 0.6) is 5.75 Å². The number of aliphatic hydroxyl groups is 2. The second kappa shape index (κ2) is 20.0. The molecule has 18 nitrogen and oxygen atoms in total. The van der Waals surface area contributed by atoms with Crippen LogP contribution in [0.2, 0.25) is 0 Å². The van der Waals surface area contributed by atoms with Gasteiger partial charge < -0.3 is 49.5 Å². The number of hydrogen-bond acceptors (Lipinski definition) is 13. The minimum absolute atomic E-state index is 0.0465. The minimum atomic E-state index is -2.29. The second-order valence-electron chi connectivity index (χ2n) is 21.0. The number of anilines is 1. The maximum Gasteiger partial charge on any atom is 0.355 e. The predicted octanol–water partition coefficient (Wildman–Crippen LogP) is 3.45. The largest absolute Gasteiger partial charge is 0.508 e. The van der Waals surface area contributed by atoms with E-state index in [1.807, 2.05) is 32.2 Å². The van der Waals surface area contributed by atoms with E-state index in [9.17, 15) is 39.3 Å². The smallest absolute Gasteiger partial charge is 0.355 e. The van der Waals surface area contributed by atoms with E-state index in [1.165, 1.54) is 18.0 Å². The van der Waals surface area contributed by atoms with E-state index in [0.29, 0.717) is 24.1 Å². The summed E-state index contributed by atoms with van der Waals surface area (Å²) in [4.78, 5) is 81.8. The van der Waals surface area contributed by atoms with Crippen molar-refractivity contribution >= 4 is 46.3 Å². The normalized spacial score (nSPS) is 23.6. The fraction of sp³-hybridized carbons (Fsp3) is 0.509. The van der Waals surface area contributed by atoms with E-state index >= 15 is 0 Å². The Morgan fingerprint density at radius 3 is 2.39 bits per heavy atom. The number of hydrazine groups is 1. The van der Waals surface area contributed by atoms with Crippen LogP contribution in [0.1, 0.15) is 65.0 Å². The molecule has 3 saturated heterocycles. The zero-order valence-corrected chi connectivity index (χ0v) is 42.0. The van der Waals surface area contributed by atoms with Gasteiger partial charge in [-0.05, 0) is 97.5 Å². The number of nitrogens with one attached hydrogen (secondary N) is 2. The van der Waals surface area contributed by atoms with Crippen molar-refractivity contribution in [2.45, 2.75) is 96.7 Å². The third-order valence-electron chi connectivity index (χ3n) is 14.6. The first-order valence-corrected chi connectivity index (χ1v) is 24.7. The highest BCUT2D eigenvalue weighted by Gasteiger charge is 2.49. The van der Waals surface area contributed by atoms with Crippen molar-refractivity contribution in [2.24, 2.45) is 11.3 Å². The summed E-state index contributed by atoms with van der Waals surface area (Å²) in [5.74, 6) is -3.22. The molecule has 0 radical (unpaired) electrons. The Kier molecular flexibility index (Phi) is 14.4. The fourth-order valence-electron chi connectivity index (χ4n) is 10.7. The average molecular weight is 976 g/mol. The number of aromatic nitrogens is 2. The molecule has 2 aromatic heterocycles. The van der Waals surface area contributed by atoms with Crippen LogP contribution < -0.4 is 15.6 Å². The summed E-state index contributed by atoms with van der Waals surface area (Å²) in [5, 5.41) is 39.7. The predicted molar refractivity (Wildman–Crippen MR) is 269 cm³/mol. The monoisotopic (exact) mass is 976 g/mol. The molecule has 0 aliphatic carbocycles. The van der Waals surface area contributed by atoms with Gasteiger partial charge in [0, 0.05) is 100 Å². The number of benzene rings is 2. The van der Waals surface area contributed by atoms with Crippen molar-refractivity contribution in [3.8, 4) is 28.1 Å².